The molecule has 0 aliphatic carbocycles. The predicted octanol–water partition coefficient (Wildman–Crippen LogP) is 0.293. The highest BCUT2D eigenvalue weighted by molar-refractivity contribution is 5.77. The van der Waals surface area contributed by atoms with E-state index in [4.69, 9.17) is 10.5 Å². The summed E-state index contributed by atoms with van der Waals surface area (Å²) in [5, 5.41) is 0. The molecule has 1 atom stereocenters. The molecular formula is C13H27N3O2. The number of ether oxygens (including phenoxy) is 1. The number of carbonyl (C=O) groups excluding carboxylic acids is 1. The SMILES string of the molecule is CCC(CN)N1CCN(C(=O)COC(C)C)CC1. The van der Waals surface area contributed by atoms with Crippen LogP contribution < -0.4 is 5.73 Å². The maximum Gasteiger partial charge on any atom is 0.248 e. The summed E-state index contributed by atoms with van der Waals surface area (Å²) < 4.78 is 5.35. The van der Waals surface area contributed by atoms with Gasteiger partial charge in [0.05, 0.1) is 6.10 Å². The summed E-state index contributed by atoms with van der Waals surface area (Å²) in [5.74, 6) is 0.101. The number of nitrogens with zero attached hydrogens (tertiary/aromatic N) is 2. The van der Waals surface area contributed by atoms with Crippen LogP contribution in [0.2, 0.25) is 0 Å². The lowest BCUT2D eigenvalue weighted by Gasteiger charge is -2.38. The first-order valence-electron chi connectivity index (χ1n) is 6.92. The fraction of sp³-hybridized carbons (Fsp3) is 0.923. The van der Waals surface area contributed by atoms with Crippen molar-refractivity contribution in [3.8, 4) is 0 Å². The van der Waals surface area contributed by atoms with Crippen molar-refractivity contribution in [1.29, 1.82) is 0 Å². The van der Waals surface area contributed by atoms with Crippen LogP contribution in [0.15, 0.2) is 0 Å². The molecule has 1 amide bonds. The molecule has 5 heteroatoms. The maximum atomic E-state index is 11.9. The average molecular weight is 257 g/mol. The van der Waals surface area contributed by atoms with Crippen LogP contribution in [0.1, 0.15) is 27.2 Å². The van der Waals surface area contributed by atoms with E-state index in [-0.39, 0.29) is 18.6 Å². The Morgan fingerprint density at radius 1 is 1.28 bits per heavy atom. The lowest BCUT2D eigenvalue weighted by Crippen LogP contribution is -2.54. The second-order valence-corrected chi connectivity index (χ2v) is 5.07. The molecular weight excluding hydrogens is 230 g/mol. The van der Waals surface area contributed by atoms with Crippen LogP contribution in [0.25, 0.3) is 0 Å². The monoisotopic (exact) mass is 257 g/mol. The summed E-state index contributed by atoms with van der Waals surface area (Å²) in [4.78, 5) is 16.1. The molecule has 18 heavy (non-hydrogen) atoms. The molecule has 0 aromatic carbocycles. The fourth-order valence-corrected chi connectivity index (χ4v) is 2.24. The second kappa shape index (κ2) is 7.71. The van der Waals surface area contributed by atoms with Crippen molar-refractivity contribution in [2.45, 2.75) is 39.3 Å². The summed E-state index contributed by atoms with van der Waals surface area (Å²) in [6.07, 6.45) is 1.18. The third-order valence-corrected chi connectivity index (χ3v) is 3.47. The highest BCUT2D eigenvalue weighted by atomic mass is 16.5. The predicted molar refractivity (Wildman–Crippen MR) is 72.4 cm³/mol. The van der Waals surface area contributed by atoms with Gasteiger partial charge in [-0.05, 0) is 20.3 Å². The van der Waals surface area contributed by atoms with Crippen molar-refractivity contribution < 1.29 is 9.53 Å². The Bertz CT molecular complexity index is 247. The van der Waals surface area contributed by atoms with E-state index in [1.165, 1.54) is 0 Å². The molecule has 1 rings (SSSR count). The van der Waals surface area contributed by atoms with Crippen LogP contribution in [0.4, 0.5) is 0 Å². The molecule has 5 nitrogen and oxygen atoms in total. The zero-order chi connectivity index (χ0) is 13.5. The van der Waals surface area contributed by atoms with E-state index in [0.717, 1.165) is 32.6 Å². The third-order valence-electron chi connectivity index (χ3n) is 3.47. The van der Waals surface area contributed by atoms with Gasteiger partial charge in [0.15, 0.2) is 0 Å². The number of nitrogens with two attached hydrogens (primary N) is 1. The van der Waals surface area contributed by atoms with Crippen LogP contribution in [-0.4, -0.2) is 67.2 Å². The molecule has 0 aromatic heterocycles. The number of rotatable bonds is 6. The highest BCUT2D eigenvalue weighted by Gasteiger charge is 2.24. The van der Waals surface area contributed by atoms with Gasteiger partial charge in [0.1, 0.15) is 6.61 Å². The standard InChI is InChI=1S/C13H27N3O2/c1-4-12(9-14)15-5-7-16(8-6-15)13(17)10-18-11(2)3/h11-12H,4-10,14H2,1-3H3. The Morgan fingerprint density at radius 3 is 2.33 bits per heavy atom. The summed E-state index contributed by atoms with van der Waals surface area (Å²) in [5.41, 5.74) is 5.75. The van der Waals surface area contributed by atoms with Crippen molar-refractivity contribution in [3.05, 3.63) is 0 Å². The van der Waals surface area contributed by atoms with E-state index >= 15 is 0 Å². The quantitative estimate of drug-likeness (QED) is 0.743. The molecule has 1 aliphatic heterocycles. The third kappa shape index (κ3) is 4.55. The lowest BCUT2D eigenvalue weighted by atomic mass is 10.1. The molecule has 0 bridgehead atoms. The Labute approximate surface area is 110 Å². The van der Waals surface area contributed by atoms with E-state index in [2.05, 4.69) is 11.8 Å². The van der Waals surface area contributed by atoms with Crippen LogP contribution in [0, 0.1) is 0 Å². The Balaban J connectivity index is 2.32. The van der Waals surface area contributed by atoms with E-state index in [1.807, 2.05) is 18.7 Å². The molecule has 1 aliphatic rings. The zero-order valence-electron chi connectivity index (χ0n) is 11.9. The molecule has 1 fully saturated rings. The zero-order valence-corrected chi connectivity index (χ0v) is 11.9. The number of amides is 1. The normalized spacial score (nSPS) is 19.3. The first-order chi connectivity index (χ1) is 8.58. The van der Waals surface area contributed by atoms with Crippen LogP contribution in [-0.2, 0) is 9.53 Å². The van der Waals surface area contributed by atoms with Gasteiger partial charge in [-0.1, -0.05) is 6.92 Å². The number of piperazine rings is 1. The van der Waals surface area contributed by atoms with E-state index in [9.17, 15) is 4.79 Å². The number of carbonyl (C=O) groups is 1. The fourth-order valence-electron chi connectivity index (χ4n) is 2.24. The van der Waals surface area contributed by atoms with Crippen molar-refractivity contribution in [1.82, 2.24) is 9.80 Å². The Hall–Kier alpha value is -0.650. The smallest absolute Gasteiger partial charge is 0.248 e. The molecule has 106 valence electrons. The number of hydrogen-bond acceptors (Lipinski definition) is 4. The second-order valence-electron chi connectivity index (χ2n) is 5.07. The van der Waals surface area contributed by atoms with Gasteiger partial charge in [-0.3, -0.25) is 9.69 Å². The first-order valence-corrected chi connectivity index (χ1v) is 6.92. The summed E-state index contributed by atoms with van der Waals surface area (Å²) in [6.45, 7) is 10.4. The van der Waals surface area contributed by atoms with Gasteiger partial charge in [0.2, 0.25) is 5.91 Å². The van der Waals surface area contributed by atoms with Crippen molar-refractivity contribution in [2.75, 3.05) is 39.3 Å². The van der Waals surface area contributed by atoms with E-state index in [1.54, 1.807) is 0 Å². The van der Waals surface area contributed by atoms with E-state index in [0.29, 0.717) is 12.6 Å². The molecule has 0 radical (unpaired) electrons. The van der Waals surface area contributed by atoms with Gasteiger partial charge in [-0.25, -0.2) is 0 Å². The van der Waals surface area contributed by atoms with Crippen molar-refractivity contribution >= 4 is 5.91 Å². The van der Waals surface area contributed by atoms with Gasteiger partial charge < -0.3 is 15.4 Å². The van der Waals surface area contributed by atoms with Crippen molar-refractivity contribution in [2.24, 2.45) is 5.73 Å². The Kier molecular flexibility index (Phi) is 6.60. The maximum absolute atomic E-state index is 11.9. The van der Waals surface area contributed by atoms with Crippen LogP contribution in [0.3, 0.4) is 0 Å². The first kappa shape index (κ1) is 15.4. The minimum atomic E-state index is 0.101. The minimum absolute atomic E-state index is 0.101. The van der Waals surface area contributed by atoms with Crippen LogP contribution >= 0.6 is 0 Å². The molecule has 0 spiro atoms. The molecule has 1 saturated heterocycles. The lowest BCUT2D eigenvalue weighted by molar-refractivity contribution is -0.139. The molecule has 1 heterocycles. The van der Waals surface area contributed by atoms with Crippen LogP contribution in [0.5, 0.6) is 0 Å². The Morgan fingerprint density at radius 2 is 1.89 bits per heavy atom. The molecule has 2 N–H and O–H groups in total. The van der Waals surface area contributed by atoms with Gasteiger partial charge >= 0.3 is 0 Å². The molecule has 1 unspecified atom stereocenters. The highest BCUT2D eigenvalue weighted by Crippen LogP contribution is 2.08. The molecule has 0 aromatic rings. The number of hydrogen-bond donors (Lipinski definition) is 1. The van der Waals surface area contributed by atoms with Gasteiger partial charge in [-0.15, -0.1) is 0 Å². The van der Waals surface area contributed by atoms with E-state index < -0.39 is 0 Å². The largest absolute Gasteiger partial charge is 0.369 e. The van der Waals surface area contributed by atoms with Gasteiger partial charge in [0.25, 0.3) is 0 Å². The summed E-state index contributed by atoms with van der Waals surface area (Å²) in [6, 6.07) is 0.453. The van der Waals surface area contributed by atoms with Crippen molar-refractivity contribution in [3.63, 3.8) is 0 Å². The molecule has 0 saturated carbocycles. The summed E-state index contributed by atoms with van der Waals surface area (Å²) in [7, 11) is 0. The van der Waals surface area contributed by atoms with Gasteiger partial charge in [-0.2, -0.15) is 0 Å². The topological polar surface area (TPSA) is 58.8 Å². The summed E-state index contributed by atoms with van der Waals surface area (Å²) >= 11 is 0. The minimum Gasteiger partial charge on any atom is -0.369 e. The van der Waals surface area contributed by atoms with Gasteiger partial charge in [0, 0.05) is 38.8 Å². The average Bonchev–Trinajstić information content (AvgIpc) is 2.38.